The van der Waals surface area contributed by atoms with E-state index in [0.717, 1.165) is 50.1 Å². The van der Waals surface area contributed by atoms with Gasteiger partial charge in [-0.1, -0.05) is 106 Å². The van der Waals surface area contributed by atoms with E-state index in [1.807, 2.05) is 57.5 Å². The van der Waals surface area contributed by atoms with Crippen LogP contribution >= 0.6 is 69.6 Å². The molecule has 3 atom stereocenters. The van der Waals surface area contributed by atoms with Crippen molar-refractivity contribution in [2.24, 2.45) is 0 Å². The molecule has 3 aliphatic rings. The van der Waals surface area contributed by atoms with E-state index in [1.165, 1.54) is 4.90 Å². The first-order valence-electron chi connectivity index (χ1n) is 38.2. The van der Waals surface area contributed by atoms with Gasteiger partial charge < -0.3 is 68.0 Å². The second-order valence-corrected chi connectivity index (χ2v) is 36.5. The number of ketones is 1. The van der Waals surface area contributed by atoms with E-state index in [4.69, 9.17) is 112 Å². The quantitative estimate of drug-likeness (QED) is 0.0258. The van der Waals surface area contributed by atoms with Crippen LogP contribution in [0.25, 0.3) is 0 Å². The van der Waals surface area contributed by atoms with Crippen molar-refractivity contribution in [3.05, 3.63) is 189 Å². The molecule has 0 saturated carbocycles. The van der Waals surface area contributed by atoms with E-state index in [1.54, 1.807) is 72.8 Å². The number of amides is 2. The van der Waals surface area contributed by atoms with Gasteiger partial charge in [-0.25, -0.2) is 34.7 Å². The number of ether oxygens (including phenoxy) is 9. The number of Topliss-reactive ketones (excluding diaryl/α,β-unsaturated/α-hetero) is 1. The highest BCUT2D eigenvalue weighted by atomic mass is 35.5. The number of benzene rings is 6. The van der Waals surface area contributed by atoms with Gasteiger partial charge in [-0.15, -0.1) is 0 Å². The normalized spacial score (nSPS) is 16.2. The number of nitrogens with one attached hydrogen (secondary N) is 4. The molecule has 3 heterocycles. The number of sulfone groups is 1. The Hall–Kier alpha value is -5.08. The molecule has 26 nitrogen and oxygen atoms in total. The maximum Gasteiger partial charge on any atom is 0.240 e. The third-order valence-electron chi connectivity index (χ3n) is 19.3. The lowest BCUT2D eigenvalue weighted by Gasteiger charge is -2.33. The highest BCUT2D eigenvalue weighted by Crippen LogP contribution is 2.42. The summed E-state index contributed by atoms with van der Waals surface area (Å²) in [6.45, 7) is 7.52. The van der Waals surface area contributed by atoms with Crippen molar-refractivity contribution < 1.29 is 82.3 Å². The number of likely N-dealkylation sites (N-methyl/N-ethyl adjacent to an activating group) is 3. The summed E-state index contributed by atoms with van der Waals surface area (Å²) in [4.78, 5) is 48.1. The van der Waals surface area contributed by atoms with Gasteiger partial charge in [0, 0.05) is 133 Å². The average Bonchev–Trinajstić information content (AvgIpc) is 0.782. The largest absolute Gasteiger partial charge is 0.379 e. The van der Waals surface area contributed by atoms with Crippen LogP contribution in [0.5, 0.6) is 0 Å². The van der Waals surface area contributed by atoms with Gasteiger partial charge in [0.1, 0.15) is 5.78 Å². The number of hydrogen-bond acceptors (Lipinski definition) is 22. The second kappa shape index (κ2) is 47.8. The molecular formula is C80H104Cl6N8O18S3. The maximum absolute atomic E-state index is 13.4. The van der Waals surface area contributed by atoms with Crippen molar-refractivity contribution in [2.45, 2.75) is 71.3 Å². The van der Waals surface area contributed by atoms with E-state index >= 15 is 0 Å². The molecule has 115 heavy (non-hydrogen) atoms. The number of halogens is 6. The van der Waals surface area contributed by atoms with Crippen LogP contribution in [0.3, 0.4) is 0 Å². The van der Waals surface area contributed by atoms with Crippen molar-refractivity contribution in [1.82, 2.24) is 39.7 Å². The zero-order valence-corrected chi connectivity index (χ0v) is 72.0. The Balaban J connectivity index is 0.616. The molecule has 0 fully saturated rings. The molecule has 9 rings (SSSR count). The van der Waals surface area contributed by atoms with Gasteiger partial charge in [0.05, 0.1) is 146 Å². The lowest BCUT2D eigenvalue weighted by molar-refractivity contribution is -0.127. The monoisotopic (exact) mass is 1770 g/mol. The summed E-state index contributed by atoms with van der Waals surface area (Å²) in [6.07, 6.45) is 0.801. The summed E-state index contributed by atoms with van der Waals surface area (Å²) >= 11 is 38.8. The predicted octanol–water partition coefficient (Wildman–Crippen LogP) is 9.49. The average molecular weight is 1770 g/mol. The molecule has 0 bridgehead atoms. The van der Waals surface area contributed by atoms with Crippen LogP contribution < -0.4 is 20.1 Å². The van der Waals surface area contributed by atoms with Crippen LogP contribution in [0.4, 0.5) is 0 Å². The number of sulfonamides is 2. The number of hydrogen-bond donors (Lipinski definition) is 4. The summed E-state index contributed by atoms with van der Waals surface area (Å²) in [6, 6.07) is 31.6. The summed E-state index contributed by atoms with van der Waals surface area (Å²) < 4.78 is 136. The summed E-state index contributed by atoms with van der Waals surface area (Å²) in [5.74, 6) is -1.51. The number of carbonyl (C=O) groups excluding carboxylic acids is 3. The van der Waals surface area contributed by atoms with E-state index in [-0.39, 0.29) is 215 Å². The van der Waals surface area contributed by atoms with Gasteiger partial charge in [0.2, 0.25) is 31.9 Å². The Morgan fingerprint density at radius 1 is 0.391 bits per heavy atom. The Morgan fingerprint density at radius 3 is 1.07 bits per heavy atom. The minimum atomic E-state index is -3.85. The minimum absolute atomic E-state index is 0.0427. The minimum Gasteiger partial charge on any atom is -0.379 e. The lowest BCUT2D eigenvalue weighted by Crippen LogP contribution is -2.45. The number of carbonyl (C=O) groups is 3. The zero-order valence-electron chi connectivity index (χ0n) is 65.0. The zero-order chi connectivity index (χ0) is 82.3. The van der Waals surface area contributed by atoms with Gasteiger partial charge in [0.25, 0.3) is 0 Å². The topological polar surface area (TPSA) is 298 Å². The fourth-order valence-corrected chi connectivity index (χ4v) is 19.0. The number of fused-ring (bicyclic) bond motifs is 3. The standard InChI is InChI=1S/C80H104Cl6N8O18S3/c1-91-49-70(67-42-60(81)45-76(84)73(67)52-91)57-9-4-13-64(39-57)113(98,99)38-8-21-105-27-33-110-32-26-104-20-7-12-63(95)48-94(55-79(96)87-16-22-106-28-34-111-36-30-108-24-18-89-114(100,101)65-14-5-10-58(40-65)71-50-92(2)53-74-68(71)43-61(82)46-77(74)85)56-80(97)88-17-23-107-29-35-112-37-31-109-25-19-90-115(102,103)66-15-6-11-59(41-66)72-51-93(3)54-75-69(72)44-62(83)47-78(75)86/h4-6,9-11,13-15,39-47,70-72,89-90H,7-8,12,16-38,48-56H2,1-3H3,(H,87,96)(H,88,97). The van der Waals surface area contributed by atoms with Gasteiger partial charge in [-0.05, 0) is 157 Å². The molecule has 3 unspecified atom stereocenters. The molecule has 6 aromatic rings. The van der Waals surface area contributed by atoms with Gasteiger partial charge >= 0.3 is 0 Å². The molecule has 0 saturated heterocycles. The molecule has 632 valence electrons. The van der Waals surface area contributed by atoms with Gasteiger partial charge in [-0.3, -0.25) is 19.3 Å². The molecule has 3 aliphatic heterocycles. The summed E-state index contributed by atoms with van der Waals surface area (Å²) in [7, 11) is -5.32. The third-order valence-corrected chi connectivity index (χ3v) is 25.6. The smallest absolute Gasteiger partial charge is 0.240 e. The molecule has 4 N–H and O–H groups in total. The molecule has 0 radical (unpaired) electrons. The Morgan fingerprint density at radius 2 is 0.704 bits per heavy atom. The van der Waals surface area contributed by atoms with Crippen LogP contribution in [-0.4, -0.2) is 274 Å². The van der Waals surface area contributed by atoms with Crippen LogP contribution in [0.15, 0.2) is 124 Å². The first-order valence-corrected chi connectivity index (χ1v) is 45.1. The first kappa shape index (κ1) is 93.8. The highest BCUT2D eigenvalue weighted by Gasteiger charge is 2.32. The Kier molecular flexibility index (Phi) is 39.0. The molecule has 0 spiro atoms. The summed E-state index contributed by atoms with van der Waals surface area (Å²) in [5, 5.41) is 8.86. The van der Waals surface area contributed by atoms with Crippen LogP contribution in [0.2, 0.25) is 30.1 Å². The van der Waals surface area contributed by atoms with Crippen LogP contribution in [0.1, 0.15) is 87.1 Å². The first-order chi connectivity index (χ1) is 55.2. The molecular weight excluding hydrogens is 1670 g/mol. The van der Waals surface area contributed by atoms with Crippen molar-refractivity contribution in [3.8, 4) is 0 Å². The molecule has 2 amide bonds. The van der Waals surface area contributed by atoms with Crippen molar-refractivity contribution in [1.29, 1.82) is 0 Å². The second-order valence-electron chi connectivity index (χ2n) is 28.3. The van der Waals surface area contributed by atoms with Gasteiger partial charge in [-0.2, -0.15) is 0 Å². The van der Waals surface area contributed by atoms with Crippen molar-refractivity contribution in [2.75, 3.05) is 211 Å². The number of nitrogens with zero attached hydrogens (tertiary/aromatic N) is 4. The molecule has 6 aromatic carbocycles. The van der Waals surface area contributed by atoms with Crippen molar-refractivity contribution >= 4 is 117 Å². The van der Waals surface area contributed by atoms with Crippen LogP contribution in [0, 0.1) is 0 Å². The third kappa shape index (κ3) is 30.5. The van der Waals surface area contributed by atoms with E-state index < -0.39 is 41.7 Å². The SMILES string of the molecule is CN1Cc2c(Cl)cc(Cl)cc2C(c2cccc(S(=O)(=O)CCCOCCOCCOCCCC(=O)CN(CC(=O)NCCOCCOCCOCCNS(=O)(=O)c3cccc(C4CN(C)Cc5c(Cl)cc(Cl)cc54)c3)CC(=O)NCCOCCOCCOCCNS(=O)(=O)c3cccc(C4CN(C)Cc5c(Cl)cc(Cl)cc54)c3)c2)C1. The van der Waals surface area contributed by atoms with Crippen molar-refractivity contribution in [3.63, 3.8) is 0 Å². The van der Waals surface area contributed by atoms with Crippen LogP contribution in [-0.2, 0) is 107 Å². The Bertz CT molecular complexity index is 4080. The molecule has 0 aliphatic carbocycles. The lowest BCUT2D eigenvalue weighted by atomic mass is 9.85. The summed E-state index contributed by atoms with van der Waals surface area (Å²) in [5.41, 5.74) is 8.40. The highest BCUT2D eigenvalue weighted by molar-refractivity contribution is 7.91. The molecule has 0 aromatic heterocycles. The maximum atomic E-state index is 13.4. The molecule has 35 heteroatoms. The fraction of sp³-hybridized carbons (Fsp3) is 0.512. The van der Waals surface area contributed by atoms with E-state index in [2.05, 4.69) is 34.8 Å². The Labute approximate surface area is 705 Å². The predicted molar refractivity (Wildman–Crippen MR) is 444 cm³/mol. The van der Waals surface area contributed by atoms with Gasteiger partial charge in [0.15, 0.2) is 9.84 Å². The van der Waals surface area contributed by atoms with E-state index in [0.29, 0.717) is 82.2 Å². The van der Waals surface area contributed by atoms with E-state index in [9.17, 15) is 39.6 Å². The fourth-order valence-electron chi connectivity index (χ4n) is 13.8. The number of rotatable bonds is 52.